The summed E-state index contributed by atoms with van der Waals surface area (Å²) in [6, 6.07) is 10.7. The number of nitrogens with zero attached hydrogens (tertiary/aromatic N) is 2. The van der Waals surface area contributed by atoms with E-state index in [1.807, 2.05) is 7.05 Å². The number of hydrogen-bond donors (Lipinski definition) is 2. The van der Waals surface area contributed by atoms with Crippen molar-refractivity contribution in [2.24, 2.45) is 10.9 Å². The van der Waals surface area contributed by atoms with Crippen LogP contribution in [0.5, 0.6) is 0 Å². The van der Waals surface area contributed by atoms with Gasteiger partial charge in [-0.1, -0.05) is 31.5 Å². The van der Waals surface area contributed by atoms with Gasteiger partial charge in [0.2, 0.25) is 0 Å². The minimum absolute atomic E-state index is 0.663. The Morgan fingerprint density at radius 3 is 2.76 bits per heavy atom. The third-order valence-electron chi connectivity index (χ3n) is 4.59. The van der Waals surface area contributed by atoms with E-state index < -0.39 is 0 Å². The van der Waals surface area contributed by atoms with Crippen LogP contribution in [0.3, 0.4) is 0 Å². The van der Waals surface area contributed by atoms with E-state index in [0.29, 0.717) is 5.92 Å². The van der Waals surface area contributed by atoms with Gasteiger partial charge >= 0.3 is 0 Å². The smallest absolute Gasteiger partial charge is 0.190 e. The Labute approximate surface area is 152 Å². The third-order valence-corrected chi connectivity index (χ3v) is 4.59. The summed E-state index contributed by atoms with van der Waals surface area (Å²) in [5.74, 6) is 1.56. The number of nitrogens with one attached hydrogen (secondary N) is 2. The fourth-order valence-corrected chi connectivity index (χ4v) is 3.06. The lowest BCUT2D eigenvalue weighted by Crippen LogP contribution is -2.40. The molecule has 0 amide bonds. The summed E-state index contributed by atoms with van der Waals surface area (Å²) in [5, 5.41) is 6.84. The summed E-state index contributed by atoms with van der Waals surface area (Å²) in [6.07, 6.45) is 4.58. The average Bonchev–Trinajstić information content (AvgIpc) is 3.13. The topological polar surface area (TPSA) is 48.9 Å². The van der Waals surface area contributed by atoms with E-state index in [1.54, 1.807) is 0 Å². The SMILES string of the molecule is CCCCOCCCNC(=NC)NCC1CCN(c2ccccc2)C1. The van der Waals surface area contributed by atoms with Gasteiger partial charge in [0.25, 0.3) is 0 Å². The predicted molar refractivity (Wildman–Crippen MR) is 106 cm³/mol. The molecule has 5 heteroatoms. The number of benzene rings is 1. The highest BCUT2D eigenvalue weighted by molar-refractivity contribution is 5.79. The predicted octanol–water partition coefficient (Wildman–Crippen LogP) is 2.88. The maximum absolute atomic E-state index is 5.58. The molecule has 25 heavy (non-hydrogen) atoms. The molecule has 1 fully saturated rings. The first-order valence-electron chi connectivity index (χ1n) is 9.65. The van der Waals surface area contributed by atoms with Gasteiger partial charge in [0.1, 0.15) is 0 Å². The van der Waals surface area contributed by atoms with Gasteiger partial charge in [-0.25, -0.2) is 0 Å². The van der Waals surface area contributed by atoms with Crippen molar-refractivity contribution < 1.29 is 4.74 Å². The second kappa shape index (κ2) is 11.7. The fourth-order valence-electron chi connectivity index (χ4n) is 3.06. The average molecular weight is 347 g/mol. The second-order valence-corrected chi connectivity index (χ2v) is 6.64. The third kappa shape index (κ3) is 7.34. The summed E-state index contributed by atoms with van der Waals surface area (Å²) in [6.45, 7) is 7.99. The van der Waals surface area contributed by atoms with Crippen LogP contribution in [0.4, 0.5) is 5.69 Å². The van der Waals surface area contributed by atoms with Crippen LogP contribution < -0.4 is 15.5 Å². The molecule has 0 aromatic heterocycles. The lowest BCUT2D eigenvalue weighted by molar-refractivity contribution is 0.129. The van der Waals surface area contributed by atoms with Crippen LogP contribution in [0.1, 0.15) is 32.6 Å². The maximum Gasteiger partial charge on any atom is 0.190 e. The molecule has 2 N–H and O–H groups in total. The molecule has 1 aliphatic heterocycles. The van der Waals surface area contributed by atoms with Crippen LogP contribution in [0, 0.1) is 5.92 Å². The molecule has 1 atom stereocenters. The van der Waals surface area contributed by atoms with Gasteiger partial charge in [-0.15, -0.1) is 0 Å². The quantitative estimate of drug-likeness (QED) is 0.389. The van der Waals surface area contributed by atoms with Gasteiger partial charge < -0.3 is 20.3 Å². The zero-order valence-electron chi connectivity index (χ0n) is 15.8. The van der Waals surface area contributed by atoms with Crippen molar-refractivity contribution in [3.8, 4) is 0 Å². The van der Waals surface area contributed by atoms with E-state index in [0.717, 1.165) is 58.2 Å². The second-order valence-electron chi connectivity index (χ2n) is 6.64. The van der Waals surface area contributed by atoms with E-state index >= 15 is 0 Å². The molecule has 140 valence electrons. The van der Waals surface area contributed by atoms with Gasteiger partial charge in [0, 0.05) is 52.1 Å². The molecule has 1 aromatic rings. The minimum Gasteiger partial charge on any atom is -0.381 e. The molecule has 1 saturated heterocycles. The monoisotopic (exact) mass is 346 g/mol. The highest BCUT2D eigenvalue weighted by atomic mass is 16.5. The first kappa shape index (κ1) is 19.6. The first-order chi connectivity index (χ1) is 12.3. The Kier molecular flexibility index (Phi) is 9.19. The molecule has 1 aromatic carbocycles. The number of ether oxygens (including phenoxy) is 1. The van der Waals surface area contributed by atoms with Crippen LogP contribution in [-0.2, 0) is 4.74 Å². The van der Waals surface area contributed by atoms with Crippen molar-refractivity contribution in [2.75, 3.05) is 51.3 Å². The van der Waals surface area contributed by atoms with E-state index in [1.165, 1.54) is 18.5 Å². The fraction of sp³-hybridized carbons (Fsp3) is 0.650. The van der Waals surface area contributed by atoms with Crippen LogP contribution >= 0.6 is 0 Å². The van der Waals surface area contributed by atoms with Crippen molar-refractivity contribution in [3.05, 3.63) is 30.3 Å². The maximum atomic E-state index is 5.58. The number of hydrogen-bond acceptors (Lipinski definition) is 3. The van der Waals surface area contributed by atoms with Crippen molar-refractivity contribution >= 4 is 11.6 Å². The molecule has 0 aliphatic carbocycles. The van der Waals surface area contributed by atoms with Crippen molar-refractivity contribution in [3.63, 3.8) is 0 Å². The van der Waals surface area contributed by atoms with Gasteiger partial charge in [-0.2, -0.15) is 0 Å². The molecule has 1 heterocycles. The molecular formula is C20H34N4O. The van der Waals surface area contributed by atoms with Crippen molar-refractivity contribution in [1.29, 1.82) is 0 Å². The number of unbranched alkanes of at least 4 members (excludes halogenated alkanes) is 1. The highest BCUT2D eigenvalue weighted by Crippen LogP contribution is 2.22. The van der Waals surface area contributed by atoms with Crippen molar-refractivity contribution in [2.45, 2.75) is 32.6 Å². The molecular weight excluding hydrogens is 312 g/mol. The Balaban J connectivity index is 1.58. The number of anilines is 1. The molecule has 2 rings (SSSR count). The molecule has 0 bridgehead atoms. The van der Waals surface area contributed by atoms with E-state index in [2.05, 4.69) is 57.8 Å². The molecule has 5 nitrogen and oxygen atoms in total. The Bertz CT molecular complexity index is 492. The van der Waals surface area contributed by atoms with Gasteiger partial charge in [0.15, 0.2) is 5.96 Å². The summed E-state index contributed by atoms with van der Waals surface area (Å²) < 4.78 is 5.58. The van der Waals surface area contributed by atoms with Crippen molar-refractivity contribution in [1.82, 2.24) is 10.6 Å². The zero-order valence-corrected chi connectivity index (χ0v) is 15.8. The Morgan fingerprint density at radius 1 is 1.20 bits per heavy atom. The normalized spacial score (nSPS) is 17.8. The lowest BCUT2D eigenvalue weighted by Gasteiger charge is -2.19. The molecule has 0 saturated carbocycles. The van der Waals surface area contributed by atoms with Crippen LogP contribution in [-0.4, -0.2) is 52.4 Å². The van der Waals surface area contributed by atoms with Crippen LogP contribution in [0.25, 0.3) is 0 Å². The largest absolute Gasteiger partial charge is 0.381 e. The lowest BCUT2D eigenvalue weighted by atomic mass is 10.1. The van der Waals surface area contributed by atoms with E-state index in [-0.39, 0.29) is 0 Å². The van der Waals surface area contributed by atoms with E-state index in [9.17, 15) is 0 Å². The van der Waals surface area contributed by atoms with Crippen LogP contribution in [0.15, 0.2) is 35.3 Å². The Hall–Kier alpha value is -1.75. The summed E-state index contributed by atoms with van der Waals surface area (Å²) in [4.78, 5) is 6.78. The minimum atomic E-state index is 0.663. The highest BCUT2D eigenvalue weighted by Gasteiger charge is 2.22. The summed E-state index contributed by atoms with van der Waals surface area (Å²) in [7, 11) is 1.83. The van der Waals surface area contributed by atoms with Crippen LogP contribution in [0.2, 0.25) is 0 Å². The summed E-state index contributed by atoms with van der Waals surface area (Å²) in [5.41, 5.74) is 1.33. The molecule has 1 aliphatic rings. The number of guanidine groups is 1. The number of rotatable bonds is 10. The van der Waals surface area contributed by atoms with Gasteiger partial charge in [0.05, 0.1) is 0 Å². The zero-order chi connectivity index (χ0) is 17.7. The number of aliphatic imine (C=N–C) groups is 1. The van der Waals surface area contributed by atoms with Gasteiger partial charge in [-0.05, 0) is 37.3 Å². The standard InChI is InChI=1S/C20H34N4O/c1-3-4-14-25-15-8-12-22-20(21-2)23-16-18-11-13-24(17-18)19-9-6-5-7-10-19/h5-7,9-10,18H,3-4,8,11-17H2,1-2H3,(H2,21,22,23). The summed E-state index contributed by atoms with van der Waals surface area (Å²) >= 11 is 0. The van der Waals surface area contributed by atoms with Gasteiger partial charge in [-0.3, -0.25) is 4.99 Å². The molecule has 1 unspecified atom stereocenters. The molecule has 0 radical (unpaired) electrons. The molecule has 0 spiro atoms. The number of para-hydroxylation sites is 1. The first-order valence-corrected chi connectivity index (χ1v) is 9.65. The Morgan fingerprint density at radius 2 is 2.00 bits per heavy atom. The van der Waals surface area contributed by atoms with E-state index in [4.69, 9.17) is 4.74 Å².